The zero-order valence-electron chi connectivity index (χ0n) is 19.1. The standard InChI is InChI=1S/C23H30N2O5.C2H6/c24-7-9-28-11-13-30-14-12-29-10-8-25-23(27)17-5-6-20-18-3-1-2-4-19(18)22(16-26)21(20)15-17;1-2/h1-6,15,22,26H,7-14,16,24H2,(H,25,27);1-2H3. The summed E-state index contributed by atoms with van der Waals surface area (Å²) < 4.78 is 16.0. The summed E-state index contributed by atoms with van der Waals surface area (Å²) in [6, 6.07) is 13.7. The van der Waals surface area contributed by atoms with Crippen molar-refractivity contribution in [1.82, 2.24) is 5.32 Å². The summed E-state index contributed by atoms with van der Waals surface area (Å²) in [6.07, 6.45) is 0. The molecule has 1 aliphatic rings. The lowest BCUT2D eigenvalue weighted by atomic mass is 9.96. The summed E-state index contributed by atoms with van der Waals surface area (Å²) in [5, 5.41) is 12.7. The van der Waals surface area contributed by atoms with Crippen molar-refractivity contribution in [2.45, 2.75) is 19.8 Å². The first kappa shape index (κ1) is 26.0. The van der Waals surface area contributed by atoms with E-state index < -0.39 is 0 Å². The fourth-order valence-electron chi connectivity index (χ4n) is 3.61. The van der Waals surface area contributed by atoms with Gasteiger partial charge >= 0.3 is 0 Å². The van der Waals surface area contributed by atoms with Gasteiger partial charge in [-0.15, -0.1) is 0 Å². The van der Waals surface area contributed by atoms with Crippen molar-refractivity contribution in [1.29, 1.82) is 0 Å². The normalized spacial score (nSPS) is 13.7. The van der Waals surface area contributed by atoms with Crippen molar-refractivity contribution >= 4 is 5.91 Å². The Morgan fingerprint density at radius 1 is 0.906 bits per heavy atom. The molecule has 176 valence electrons. The van der Waals surface area contributed by atoms with Crippen LogP contribution in [0.5, 0.6) is 0 Å². The zero-order chi connectivity index (χ0) is 23.2. The predicted octanol–water partition coefficient (Wildman–Crippen LogP) is 2.56. The molecule has 1 unspecified atom stereocenters. The first-order valence-electron chi connectivity index (χ1n) is 11.3. The number of carbonyl (C=O) groups is 1. The Balaban J connectivity index is 0.00000176. The van der Waals surface area contributed by atoms with Gasteiger partial charge in [0.15, 0.2) is 0 Å². The molecule has 7 heteroatoms. The lowest BCUT2D eigenvalue weighted by Gasteiger charge is -2.11. The van der Waals surface area contributed by atoms with E-state index in [4.69, 9.17) is 19.9 Å². The summed E-state index contributed by atoms with van der Waals surface area (Å²) in [5.41, 5.74) is 10.2. The van der Waals surface area contributed by atoms with E-state index in [0.717, 1.165) is 22.3 Å². The summed E-state index contributed by atoms with van der Waals surface area (Å²) in [5.74, 6) is -0.240. The zero-order valence-corrected chi connectivity index (χ0v) is 19.1. The third-order valence-corrected chi connectivity index (χ3v) is 5.04. The van der Waals surface area contributed by atoms with Crippen LogP contribution in [0.2, 0.25) is 0 Å². The van der Waals surface area contributed by atoms with Gasteiger partial charge in [0.1, 0.15) is 0 Å². The molecule has 0 spiro atoms. The molecule has 0 aliphatic heterocycles. The third-order valence-electron chi connectivity index (χ3n) is 5.04. The molecule has 1 aliphatic carbocycles. The fourth-order valence-corrected chi connectivity index (χ4v) is 3.61. The average molecular weight is 445 g/mol. The van der Waals surface area contributed by atoms with E-state index in [1.807, 2.05) is 50.2 Å². The molecule has 1 amide bonds. The molecule has 2 aromatic carbocycles. The van der Waals surface area contributed by atoms with Gasteiger partial charge in [0.25, 0.3) is 5.91 Å². The van der Waals surface area contributed by atoms with Crippen LogP contribution in [0.25, 0.3) is 11.1 Å². The number of amides is 1. The predicted molar refractivity (Wildman–Crippen MR) is 126 cm³/mol. The van der Waals surface area contributed by atoms with Crippen LogP contribution in [0.4, 0.5) is 0 Å². The van der Waals surface area contributed by atoms with Crippen molar-refractivity contribution in [3.05, 3.63) is 59.2 Å². The van der Waals surface area contributed by atoms with E-state index >= 15 is 0 Å². The van der Waals surface area contributed by atoms with Crippen LogP contribution in [0.1, 0.15) is 41.3 Å². The minimum Gasteiger partial charge on any atom is -0.395 e. The maximum atomic E-state index is 12.5. The minimum atomic E-state index is -0.151. The van der Waals surface area contributed by atoms with Gasteiger partial charge in [0, 0.05) is 24.6 Å². The topological polar surface area (TPSA) is 103 Å². The molecule has 32 heavy (non-hydrogen) atoms. The van der Waals surface area contributed by atoms with Gasteiger partial charge in [-0.25, -0.2) is 0 Å². The van der Waals surface area contributed by atoms with E-state index in [1.54, 1.807) is 0 Å². The van der Waals surface area contributed by atoms with Gasteiger partial charge in [-0.3, -0.25) is 4.79 Å². The molecule has 0 saturated heterocycles. The Labute approximate surface area is 190 Å². The molecular formula is C25H36N2O5. The van der Waals surface area contributed by atoms with Gasteiger partial charge in [-0.2, -0.15) is 0 Å². The van der Waals surface area contributed by atoms with Crippen LogP contribution in [-0.2, 0) is 14.2 Å². The lowest BCUT2D eigenvalue weighted by molar-refractivity contribution is 0.0166. The number of aliphatic hydroxyl groups is 1. The molecule has 2 aromatic rings. The van der Waals surface area contributed by atoms with Gasteiger partial charge in [-0.1, -0.05) is 44.2 Å². The van der Waals surface area contributed by atoms with Gasteiger partial charge < -0.3 is 30.4 Å². The van der Waals surface area contributed by atoms with Crippen LogP contribution >= 0.6 is 0 Å². The molecule has 0 radical (unpaired) electrons. The average Bonchev–Trinajstić information content (AvgIpc) is 3.16. The highest BCUT2D eigenvalue weighted by molar-refractivity contribution is 5.96. The monoisotopic (exact) mass is 444 g/mol. The van der Waals surface area contributed by atoms with Crippen molar-refractivity contribution < 1.29 is 24.1 Å². The van der Waals surface area contributed by atoms with Crippen LogP contribution in [0.3, 0.4) is 0 Å². The first-order valence-corrected chi connectivity index (χ1v) is 11.3. The Bertz CT molecular complexity index is 828. The number of carbonyl (C=O) groups excluding carboxylic acids is 1. The smallest absolute Gasteiger partial charge is 0.251 e. The van der Waals surface area contributed by atoms with Gasteiger partial charge in [0.2, 0.25) is 0 Å². The second-order valence-electron chi connectivity index (χ2n) is 7.01. The summed E-state index contributed by atoms with van der Waals surface area (Å²) >= 11 is 0. The molecule has 0 aromatic heterocycles. The number of nitrogens with one attached hydrogen (secondary N) is 1. The number of hydrogen-bond donors (Lipinski definition) is 3. The fraction of sp³-hybridized carbons (Fsp3) is 0.480. The number of ether oxygens (including phenoxy) is 3. The molecular weight excluding hydrogens is 408 g/mol. The summed E-state index contributed by atoms with van der Waals surface area (Å²) in [7, 11) is 0. The Kier molecular flexibility index (Phi) is 11.9. The Morgan fingerprint density at radius 3 is 2.22 bits per heavy atom. The van der Waals surface area contributed by atoms with Crippen molar-refractivity contribution in [3.63, 3.8) is 0 Å². The van der Waals surface area contributed by atoms with E-state index in [1.165, 1.54) is 0 Å². The number of rotatable bonds is 13. The van der Waals surface area contributed by atoms with Gasteiger partial charge in [-0.05, 0) is 34.4 Å². The molecule has 7 nitrogen and oxygen atoms in total. The van der Waals surface area contributed by atoms with Crippen LogP contribution in [0, 0.1) is 0 Å². The first-order chi connectivity index (χ1) is 15.8. The SMILES string of the molecule is CC.NCCOCCOCCOCCNC(=O)c1ccc2c(c1)C(CO)c1ccccc1-2. The van der Waals surface area contributed by atoms with Crippen molar-refractivity contribution in [2.75, 3.05) is 59.3 Å². The highest BCUT2D eigenvalue weighted by Gasteiger charge is 2.28. The molecule has 4 N–H and O–H groups in total. The Hall–Kier alpha value is -2.29. The van der Waals surface area contributed by atoms with E-state index in [9.17, 15) is 9.90 Å². The van der Waals surface area contributed by atoms with Gasteiger partial charge in [0.05, 0.1) is 46.2 Å². The molecule has 3 rings (SSSR count). The van der Waals surface area contributed by atoms with Crippen LogP contribution < -0.4 is 11.1 Å². The van der Waals surface area contributed by atoms with Crippen molar-refractivity contribution in [3.8, 4) is 11.1 Å². The third kappa shape index (κ3) is 7.12. The maximum Gasteiger partial charge on any atom is 0.251 e. The molecule has 0 fully saturated rings. The molecule has 0 heterocycles. The number of hydrogen-bond acceptors (Lipinski definition) is 6. The second-order valence-corrected chi connectivity index (χ2v) is 7.01. The lowest BCUT2D eigenvalue weighted by Crippen LogP contribution is -2.27. The van der Waals surface area contributed by atoms with Crippen LogP contribution in [-0.4, -0.2) is 70.4 Å². The number of aliphatic hydroxyl groups excluding tert-OH is 1. The number of fused-ring (bicyclic) bond motifs is 3. The molecule has 0 bridgehead atoms. The highest BCUT2D eigenvalue weighted by Crippen LogP contribution is 2.44. The highest BCUT2D eigenvalue weighted by atomic mass is 16.5. The quantitative estimate of drug-likeness (QED) is 0.410. The molecule has 0 saturated carbocycles. The minimum absolute atomic E-state index is 0.0180. The van der Waals surface area contributed by atoms with Crippen LogP contribution in [0.15, 0.2) is 42.5 Å². The largest absolute Gasteiger partial charge is 0.395 e. The number of benzene rings is 2. The Morgan fingerprint density at radius 2 is 1.53 bits per heavy atom. The van der Waals surface area contributed by atoms with E-state index in [-0.39, 0.29) is 18.4 Å². The molecule has 1 atom stereocenters. The van der Waals surface area contributed by atoms with E-state index in [0.29, 0.717) is 58.3 Å². The second kappa shape index (κ2) is 14.7. The van der Waals surface area contributed by atoms with E-state index in [2.05, 4.69) is 11.4 Å². The summed E-state index contributed by atoms with van der Waals surface area (Å²) in [4.78, 5) is 12.5. The summed E-state index contributed by atoms with van der Waals surface area (Å²) in [6.45, 7) is 7.87. The maximum absolute atomic E-state index is 12.5. The van der Waals surface area contributed by atoms with Crippen molar-refractivity contribution in [2.24, 2.45) is 5.73 Å². The number of nitrogens with two attached hydrogens (primary N) is 1.